The fourth-order valence-corrected chi connectivity index (χ4v) is 3.95. The number of hydrogen-bond donors (Lipinski definition) is 2. The second kappa shape index (κ2) is 5.75. The van der Waals surface area contributed by atoms with Crippen molar-refractivity contribution in [2.75, 3.05) is 10.5 Å². The molecule has 0 aliphatic rings. The summed E-state index contributed by atoms with van der Waals surface area (Å²) in [6, 6.07) is 9.85. The fraction of sp³-hybridized carbons (Fsp3) is 0.0769. The third-order valence-corrected chi connectivity index (χ3v) is 5.25. The summed E-state index contributed by atoms with van der Waals surface area (Å²) in [5.41, 5.74) is 7.51. The van der Waals surface area contributed by atoms with Crippen LogP contribution in [0, 0.1) is 6.92 Å². The molecule has 2 aromatic carbocycles. The van der Waals surface area contributed by atoms with E-state index < -0.39 is 10.0 Å². The van der Waals surface area contributed by atoms with Gasteiger partial charge in [0.1, 0.15) is 0 Å². The molecule has 0 heterocycles. The van der Waals surface area contributed by atoms with Crippen molar-refractivity contribution in [3.05, 3.63) is 50.9 Å². The minimum Gasteiger partial charge on any atom is -0.398 e. The van der Waals surface area contributed by atoms with Gasteiger partial charge in [-0.2, -0.15) is 0 Å². The van der Waals surface area contributed by atoms with Crippen molar-refractivity contribution < 1.29 is 8.42 Å². The van der Waals surface area contributed by atoms with Gasteiger partial charge in [-0.3, -0.25) is 4.72 Å². The number of nitrogens with two attached hydrogens (primary N) is 1. The maximum Gasteiger partial charge on any atom is 0.262 e. The van der Waals surface area contributed by atoms with E-state index in [1.165, 1.54) is 12.1 Å². The Hall–Kier alpha value is -1.05. The molecule has 20 heavy (non-hydrogen) atoms. The molecule has 4 nitrogen and oxygen atoms in total. The van der Waals surface area contributed by atoms with E-state index in [-0.39, 0.29) is 4.90 Å². The molecule has 2 aromatic rings. The largest absolute Gasteiger partial charge is 0.398 e. The number of aryl methyl sites for hydroxylation is 1. The van der Waals surface area contributed by atoms with E-state index in [2.05, 4.69) is 36.6 Å². The highest BCUT2D eigenvalue weighted by Crippen LogP contribution is 2.28. The summed E-state index contributed by atoms with van der Waals surface area (Å²) < 4.78 is 28.6. The summed E-state index contributed by atoms with van der Waals surface area (Å²) >= 11 is 6.63. The molecule has 0 bridgehead atoms. The Kier molecular flexibility index (Phi) is 4.41. The van der Waals surface area contributed by atoms with Crippen LogP contribution < -0.4 is 10.5 Å². The molecular weight excluding hydrogens is 408 g/mol. The minimum absolute atomic E-state index is 0.135. The van der Waals surface area contributed by atoms with Gasteiger partial charge >= 0.3 is 0 Å². The number of benzene rings is 2. The van der Waals surface area contributed by atoms with E-state index in [9.17, 15) is 8.42 Å². The molecule has 0 radical (unpaired) electrons. The van der Waals surface area contributed by atoms with E-state index in [4.69, 9.17) is 5.73 Å². The first-order chi connectivity index (χ1) is 9.29. The second-order valence-electron chi connectivity index (χ2n) is 4.25. The van der Waals surface area contributed by atoms with Crippen molar-refractivity contribution in [1.82, 2.24) is 0 Å². The van der Waals surface area contributed by atoms with Gasteiger partial charge in [-0.25, -0.2) is 8.42 Å². The number of halogens is 2. The summed E-state index contributed by atoms with van der Waals surface area (Å²) in [5, 5.41) is 0. The zero-order chi connectivity index (χ0) is 14.9. The maximum absolute atomic E-state index is 12.3. The molecule has 0 unspecified atom stereocenters. The average molecular weight is 420 g/mol. The Bertz CT molecular complexity index is 761. The average Bonchev–Trinajstić information content (AvgIpc) is 2.36. The standard InChI is InChI=1S/C13H12Br2N2O2S/c1-8-2-4-10(7-12(8)16)20(18,19)17-13-5-3-9(14)6-11(13)15/h2-7,17H,16H2,1H3. The summed E-state index contributed by atoms with van der Waals surface area (Å²) in [6.45, 7) is 1.82. The van der Waals surface area contributed by atoms with Gasteiger partial charge in [0.25, 0.3) is 10.0 Å². The van der Waals surface area contributed by atoms with Crippen LogP contribution in [0.2, 0.25) is 0 Å². The molecule has 0 amide bonds. The van der Waals surface area contributed by atoms with Crippen LogP contribution in [0.3, 0.4) is 0 Å². The molecule has 0 atom stereocenters. The van der Waals surface area contributed by atoms with E-state index in [0.29, 0.717) is 15.8 Å². The molecule has 106 valence electrons. The second-order valence-corrected chi connectivity index (χ2v) is 7.70. The van der Waals surface area contributed by atoms with E-state index in [0.717, 1.165) is 10.0 Å². The zero-order valence-corrected chi connectivity index (χ0v) is 14.5. The molecule has 0 fully saturated rings. The maximum atomic E-state index is 12.3. The van der Waals surface area contributed by atoms with Crippen LogP contribution in [0.15, 0.2) is 50.2 Å². The Morgan fingerprint density at radius 3 is 2.40 bits per heavy atom. The first-order valence-electron chi connectivity index (χ1n) is 5.63. The highest BCUT2D eigenvalue weighted by atomic mass is 79.9. The number of rotatable bonds is 3. The first kappa shape index (κ1) is 15.3. The third-order valence-electron chi connectivity index (χ3n) is 2.74. The summed E-state index contributed by atoms with van der Waals surface area (Å²) in [7, 11) is -3.66. The molecule has 0 aromatic heterocycles. The number of nitrogens with one attached hydrogen (secondary N) is 1. The summed E-state index contributed by atoms with van der Waals surface area (Å²) in [5.74, 6) is 0. The lowest BCUT2D eigenvalue weighted by molar-refractivity contribution is 0.601. The van der Waals surface area contributed by atoms with Gasteiger partial charge in [0, 0.05) is 14.6 Å². The molecule has 3 N–H and O–H groups in total. The lowest BCUT2D eigenvalue weighted by Gasteiger charge is -2.11. The van der Waals surface area contributed by atoms with Crippen LogP contribution in [0.4, 0.5) is 11.4 Å². The van der Waals surface area contributed by atoms with Crippen LogP contribution in [-0.2, 0) is 10.0 Å². The Labute approximate surface area is 134 Å². The van der Waals surface area contributed by atoms with Gasteiger partial charge in [0.15, 0.2) is 0 Å². The molecule has 0 saturated carbocycles. The summed E-state index contributed by atoms with van der Waals surface area (Å²) in [6.07, 6.45) is 0. The lowest BCUT2D eigenvalue weighted by atomic mass is 10.2. The summed E-state index contributed by atoms with van der Waals surface area (Å²) in [4.78, 5) is 0.135. The molecule has 0 saturated heterocycles. The van der Waals surface area contributed by atoms with Crippen molar-refractivity contribution in [3.63, 3.8) is 0 Å². The van der Waals surface area contributed by atoms with Crippen molar-refractivity contribution in [3.8, 4) is 0 Å². The van der Waals surface area contributed by atoms with Crippen molar-refractivity contribution in [1.29, 1.82) is 0 Å². The van der Waals surface area contributed by atoms with E-state index in [1.807, 2.05) is 6.92 Å². The molecule has 2 rings (SSSR count). The highest BCUT2D eigenvalue weighted by molar-refractivity contribution is 9.11. The number of sulfonamides is 1. The fourth-order valence-electron chi connectivity index (χ4n) is 1.56. The highest BCUT2D eigenvalue weighted by Gasteiger charge is 2.16. The smallest absolute Gasteiger partial charge is 0.262 e. The molecule has 0 aliphatic carbocycles. The zero-order valence-electron chi connectivity index (χ0n) is 10.5. The Morgan fingerprint density at radius 1 is 1.10 bits per heavy atom. The predicted octanol–water partition coefficient (Wildman–Crippen LogP) is 3.90. The topological polar surface area (TPSA) is 72.2 Å². The Balaban J connectivity index is 2.38. The number of nitrogen functional groups attached to an aromatic ring is 1. The van der Waals surface area contributed by atoms with Gasteiger partial charge in [-0.15, -0.1) is 0 Å². The van der Waals surface area contributed by atoms with Gasteiger partial charge in [-0.05, 0) is 58.7 Å². The minimum atomic E-state index is -3.66. The molecule has 7 heteroatoms. The lowest BCUT2D eigenvalue weighted by Crippen LogP contribution is -2.13. The van der Waals surface area contributed by atoms with Crippen LogP contribution >= 0.6 is 31.9 Å². The molecule has 0 spiro atoms. The van der Waals surface area contributed by atoms with Gasteiger partial charge < -0.3 is 5.73 Å². The van der Waals surface area contributed by atoms with Crippen molar-refractivity contribution >= 4 is 53.3 Å². The monoisotopic (exact) mass is 418 g/mol. The van der Waals surface area contributed by atoms with Crippen LogP contribution in [0.1, 0.15) is 5.56 Å². The third kappa shape index (κ3) is 3.34. The number of hydrogen-bond acceptors (Lipinski definition) is 3. The van der Waals surface area contributed by atoms with E-state index >= 15 is 0 Å². The molecular formula is C13H12Br2N2O2S. The quantitative estimate of drug-likeness (QED) is 0.741. The van der Waals surface area contributed by atoms with Gasteiger partial charge in [-0.1, -0.05) is 22.0 Å². The SMILES string of the molecule is Cc1ccc(S(=O)(=O)Nc2ccc(Br)cc2Br)cc1N. The van der Waals surface area contributed by atoms with Gasteiger partial charge in [0.05, 0.1) is 10.6 Å². The van der Waals surface area contributed by atoms with E-state index in [1.54, 1.807) is 24.3 Å². The Morgan fingerprint density at radius 2 is 1.80 bits per heavy atom. The predicted molar refractivity (Wildman–Crippen MR) is 88.2 cm³/mol. The number of anilines is 2. The van der Waals surface area contributed by atoms with Crippen LogP contribution in [0.5, 0.6) is 0 Å². The van der Waals surface area contributed by atoms with Crippen LogP contribution in [-0.4, -0.2) is 8.42 Å². The van der Waals surface area contributed by atoms with Crippen molar-refractivity contribution in [2.24, 2.45) is 0 Å². The van der Waals surface area contributed by atoms with Crippen LogP contribution in [0.25, 0.3) is 0 Å². The molecule has 0 aliphatic heterocycles. The van der Waals surface area contributed by atoms with Gasteiger partial charge in [0.2, 0.25) is 0 Å². The first-order valence-corrected chi connectivity index (χ1v) is 8.70. The van der Waals surface area contributed by atoms with Crippen molar-refractivity contribution in [2.45, 2.75) is 11.8 Å². The normalized spacial score (nSPS) is 11.3.